The minimum absolute atomic E-state index is 0.0413. The highest BCUT2D eigenvalue weighted by atomic mass is 16.5. The third kappa shape index (κ3) is 2.47. The van der Waals surface area contributed by atoms with E-state index in [4.69, 9.17) is 4.74 Å². The summed E-state index contributed by atoms with van der Waals surface area (Å²) in [6, 6.07) is 1.74. The lowest BCUT2D eigenvalue weighted by atomic mass is 9.92. The van der Waals surface area contributed by atoms with Crippen molar-refractivity contribution in [2.24, 2.45) is 11.3 Å². The number of piperidine rings is 1. The van der Waals surface area contributed by atoms with Crippen molar-refractivity contribution >= 4 is 11.9 Å². The molecule has 2 fully saturated rings. The molecule has 1 saturated heterocycles. The van der Waals surface area contributed by atoms with Gasteiger partial charge in [-0.05, 0) is 44.7 Å². The SMILES string of the molecule is COc1cc(C)nc(NC(=O)C2CC23CCNCC3)n1. The molecule has 6 nitrogen and oxygen atoms in total. The Hall–Kier alpha value is -1.69. The van der Waals surface area contributed by atoms with Crippen LogP contribution in [0, 0.1) is 18.3 Å². The average molecular weight is 276 g/mol. The lowest BCUT2D eigenvalue weighted by Crippen LogP contribution is -2.31. The molecule has 1 spiro atoms. The summed E-state index contributed by atoms with van der Waals surface area (Å²) in [7, 11) is 1.55. The van der Waals surface area contributed by atoms with Gasteiger partial charge in [-0.25, -0.2) is 4.98 Å². The van der Waals surface area contributed by atoms with Gasteiger partial charge in [-0.3, -0.25) is 10.1 Å². The van der Waals surface area contributed by atoms with Gasteiger partial charge in [-0.15, -0.1) is 0 Å². The van der Waals surface area contributed by atoms with E-state index in [1.807, 2.05) is 6.92 Å². The fraction of sp³-hybridized carbons (Fsp3) is 0.643. The number of methoxy groups -OCH3 is 1. The third-order valence-electron chi connectivity index (χ3n) is 4.38. The van der Waals surface area contributed by atoms with E-state index in [0.29, 0.717) is 11.8 Å². The van der Waals surface area contributed by atoms with Crippen LogP contribution in [0.4, 0.5) is 5.95 Å². The maximum absolute atomic E-state index is 12.3. The molecular weight excluding hydrogens is 256 g/mol. The molecule has 1 aliphatic carbocycles. The molecule has 2 N–H and O–H groups in total. The number of carbonyl (C=O) groups is 1. The number of rotatable bonds is 3. The Labute approximate surface area is 118 Å². The van der Waals surface area contributed by atoms with Crippen LogP contribution in [-0.4, -0.2) is 36.1 Å². The van der Waals surface area contributed by atoms with Crippen LogP contribution in [0.1, 0.15) is 25.0 Å². The number of nitrogens with zero attached hydrogens (tertiary/aromatic N) is 2. The summed E-state index contributed by atoms with van der Waals surface area (Å²) in [4.78, 5) is 20.7. The molecule has 1 aliphatic heterocycles. The summed E-state index contributed by atoms with van der Waals surface area (Å²) < 4.78 is 5.09. The van der Waals surface area contributed by atoms with E-state index in [1.54, 1.807) is 13.2 Å². The molecule has 20 heavy (non-hydrogen) atoms. The molecular formula is C14H20N4O2. The van der Waals surface area contributed by atoms with Gasteiger partial charge in [-0.1, -0.05) is 0 Å². The molecule has 0 radical (unpaired) electrons. The molecule has 108 valence electrons. The van der Waals surface area contributed by atoms with Crippen LogP contribution in [0.2, 0.25) is 0 Å². The fourth-order valence-electron chi connectivity index (χ4n) is 3.09. The van der Waals surface area contributed by atoms with E-state index in [-0.39, 0.29) is 17.2 Å². The molecule has 0 aromatic carbocycles. The molecule has 1 aromatic heterocycles. The first-order valence-corrected chi connectivity index (χ1v) is 7.04. The molecule has 3 rings (SSSR count). The average Bonchev–Trinajstić information content (AvgIpc) is 3.12. The predicted octanol–water partition coefficient (Wildman–Crippen LogP) is 1.12. The number of aromatic nitrogens is 2. The summed E-state index contributed by atoms with van der Waals surface area (Å²) in [5, 5.41) is 6.17. The van der Waals surface area contributed by atoms with Crippen LogP contribution in [0.5, 0.6) is 5.88 Å². The first-order chi connectivity index (χ1) is 9.63. The van der Waals surface area contributed by atoms with E-state index >= 15 is 0 Å². The Bertz CT molecular complexity index is 526. The minimum atomic E-state index is 0.0413. The zero-order valence-electron chi connectivity index (χ0n) is 11.9. The molecule has 2 aliphatic rings. The first-order valence-electron chi connectivity index (χ1n) is 7.04. The summed E-state index contributed by atoms with van der Waals surface area (Å²) in [5.74, 6) is 0.960. The number of hydrogen-bond acceptors (Lipinski definition) is 5. The fourth-order valence-corrected chi connectivity index (χ4v) is 3.09. The highest BCUT2D eigenvalue weighted by Gasteiger charge is 2.57. The number of hydrogen-bond donors (Lipinski definition) is 2. The quantitative estimate of drug-likeness (QED) is 0.865. The molecule has 1 aromatic rings. The Morgan fingerprint density at radius 1 is 1.45 bits per heavy atom. The van der Waals surface area contributed by atoms with Gasteiger partial charge in [0.25, 0.3) is 0 Å². The van der Waals surface area contributed by atoms with Gasteiger partial charge in [0.15, 0.2) is 0 Å². The Kier molecular flexibility index (Phi) is 3.33. The number of amides is 1. The maximum Gasteiger partial charge on any atom is 0.232 e. The zero-order valence-corrected chi connectivity index (χ0v) is 11.9. The zero-order chi connectivity index (χ0) is 14.2. The van der Waals surface area contributed by atoms with Gasteiger partial charge in [0, 0.05) is 17.7 Å². The van der Waals surface area contributed by atoms with Crippen molar-refractivity contribution < 1.29 is 9.53 Å². The number of anilines is 1. The Morgan fingerprint density at radius 3 is 2.90 bits per heavy atom. The standard InChI is InChI=1S/C14H20N4O2/c1-9-7-11(20-2)17-13(16-9)18-12(19)10-8-14(10)3-5-15-6-4-14/h7,10,15H,3-6,8H2,1-2H3,(H,16,17,18,19). The Morgan fingerprint density at radius 2 is 2.20 bits per heavy atom. The molecule has 6 heteroatoms. The predicted molar refractivity (Wildman–Crippen MR) is 74.6 cm³/mol. The molecule has 0 bridgehead atoms. The highest BCUT2D eigenvalue weighted by molar-refractivity contribution is 5.93. The van der Waals surface area contributed by atoms with Gasteiger partial charge in [-0.2, -0.15) is 4.98 Å². The lowest BCUT2D eigenvalue weighted by molar-refractivity contribution is -0.118. The van der Waals surface area contributed by atoms with E-state index in [0.717, 1.165) is 38.0 Å². The number of ether oxygens (including phenoxy) is 1. The second kappa shape index (κ2) is 5.01. The summed E-state index contributed by atoms with van der Waals surface area (Å²) >= 11 is 0. The molecule has 1 amide bonds. The molecule has 1 unspecified atom stereocenters. The smallest absolute Gasteiger partial charge is 0.232 e. The van der Waals surface area contributed by atoms with Crippen molar-refractivity contribution in [1.29, 1.82) is 0 Å². The van der Waals surface area contributed by atoms with Crippen LogP contribution in [0.25, 0.3) is 0 Å². The second-order valence-corrected chi connectivity index (χ2v) is 5.73. The summed E-state index contributed by atoms with van der Waals surface area (Å²) in [5.41, 5.74) is 1.00. The number of aryl methyl sites for hydroxylation is 1. The topological polar surface area (TPSA) is 76.1 Å². The molecule has 1 atom stereocenters. The van der Waals surface area contributed by atoms with E-state index < -0.39 is 0 Å². The van der Waals surface area contributed by atoms with Gasteiger partial charge >= 0.3 is 0 Å². The van der Waals surface area contributed by atoms with Crippen LogP contribution >= 0.6 is 0 Å². The molecule has 2 heterocycles. The van der Waals surface area contributed by atoms with Crippen molar-refractivity contribution in [1.82, 2.24) is 15.3 Å². The van der Waals surface area contributed by atoms with Gasteiger partial charge in [0.2, 0.25) is 17.7 Å². The molecule has 1 saturated carbocycles. The minimum Gasteiger partial charge on any atom is -0.481 e. The van der Waals surface area contributed by atoms with Gasteiger partial charge in [0.1, 0.15) is 0 Å². The van der Waals surface area contributed by atoms with E-state index in [2.05, 4.69) is 20.6 Å². The van der Waals surface area contributed by atoms with Crippen molar-refractivity contribution in [3.63, 3.8) is 0 Å². The highest BCUT2D eigenvalue weighted by Crippen LogP contribution is 2.58. The van der Waals surface area contributed by atoms with Crippen LogP contribution in [0.3, 0.4) is 0 Å². The van der Waals surface area contributed by atoms with Gasteiger partial charge in [0.05, 0.1) is 7.11 Å². The number of carbonyl (C=O) groups excluding carboxylic acids is 1. The van der Waals surface area contributed by atoms with E-state index in [1.165, 1.54) is 0 Å². The lowest BCUT2D eigenvalue weighted by Gasteiger charge is -2.23. The van der Waals surface area contributed by atoms with Crippen LogP contribution in [0.15, 0.2) is 6.07 Å². The van der Waals surface area contributed by atoms with Crippen LogP contribution < -0.4 is 15.4 Å². The monoisotopic (exact) mass is 276 g/mol. The third-order valence-corrected chi connectivity index (χ3v) is 4.38. The number of nitrogens with one attached hydrogen (secondary N) is 2. The van der Waals surface area contributed by atoms with Crippen LogP contribution in [-0.2, 0) is 4.79 Å². The Balaban J connectivity index is 1.66. The van der Waals surface area contributed by atoms with Gasteiger partial charge < -0.3 is 10.1 Å². The maximum atomic E-state index is 12.3. The van der Waals surface area contributed by atoms with E-state index in [9.17, 15) is 4.79 Å². The van der Waals surface area contributed by atoms with Crippen molar-refractivity contribution in [3.8, 4) is 5.88 Å². The summed E-state index contributed by atoms with van der Waals surface area (Å²) in [6.07, 6.45) is 3.16. The normalized spacial score (nSPS) is 23.4. The van der Waals surface area contributed by atoms with Crippen molar-refractivity contribution in [3.05, 3.63) is 11.8 Å². The van der Waals surface area contributed by atoms with Crippen molar-refractivity contribution in [2.75, 3.05) is 25.5 Å². The first kappa shape index (κ1) is 13.3. The van der Waals surface area contributed by atoms with Crippen molar-refractivity contribution in [2.45, 2.75) is 26.2 Å². The second-order valence-electron chi connectivity index (χ2n) is 5.73. The summed E-state index contributed by atoms with van der Waals surface area (Å²) in [6.45, 7) is 3.88. The largest absolute Gasteiger partial charge is 0.481 e.